The highest BCUT2D eigenvalue weighted by Gasteiger charge is 2.21. The first-order chi connectivity index (χ1) is 14.6. The molecule has 1 aromatic carbocycles. The average molecular weight is 412 g/mol. The number of fused-ring (bicyclic) bond motifs is 1. The minimum atomic E-state index is -0.682. The fraction of sp³-hybridized carbons (Fsp3) is 0.522. The van der Waals surface area contributed by atoms with E-state index in [2.05, 4.69) is 28.1 Å². The van der Waals surface area contributed by atoms with Crippen LogP contribution in [0.1, 0.15) is 40.9 Å². The van der Waals surface area contributed by atoms with E-state index in [4.69, 9.17) is 4.74 Å². The number of rotatable bonds is 7. The van der Waals surface area contributed by atoms with Crippen LogP contribution in [0.3, 0.4) is 0 Å². The minimum absolute atomic E-state index is 0.0984. The number of benzene rings is 1. The molecule has 0 bridgehead atoms. The van der Waals surface area contributed by atoms with E-state index >= 15 is 0 Å². The normalized spacial score (nSPS) is 18.7. The lowest BCUT2D eigenvalue weighted by Gasteiger charge is -2.30. The fourth-order valence-electron chi connectivity index (χ4n) is 4.33. The van der Waals surface area contributed by atoms with E-state index in [1.165, 1.54) is 28.1 Å². The van der Waals surface area contributed by atoms with Gasteiger partial charge >= 0.3 is 0 Å². The number of ether oxygens (including phenoxy) is 1. The quantitative estimate of drug-likeness (QED) is 0.698. The second-order valence-corrected chi connectivity index (χ2v) is 8.36. The van der Waals surface area contributed by atoms with Crippen molar-refractivity contribution in [3.8, 4) is 0 Å². The Morgan fingerprint density at radius 1 is 1.20 bits per heavy atom. The summed E-state index contributed by atoms with van der Waals surface area (Å²) in [6.07, 6.45) is 3.81. The number of hydrogen-bond donors (Lipinski definition) is 1. The average Bonchev–Trinajstić information content (AvgIpc) is 2.75. The van der Waals surface area contributed by atoms with Gasteiger partial charge in [0.2, 0.25) is 0 Å². The van der Waals surface area contributed by atoms with Gasteiger partial charge in [-0.15, -0.1) is 0 Å². The third-order valence-corrected chi connectivity index (χ3v) is 6.07. The molecule has 0 saturated carbocycles. The first-order valence-corrected chi connectivity index (χ1v) is 10.7. The highest BCUT2D eigenvalue weighted by atomic mass is 16.5. The molecule has 1 aromatic heterocycles. The summed E-state index contributed by atoms with van der Waals surface area (Å²) in [6.45, 7) is 3.73. The lowest BCUT2D eigenvalue weighted by atomic mass is 9.93. The van der Waals surface area contributed by atoms with Crippen LogP contribution in [0.15, 0.2) is 41.5 Å². The van der Waals surface area contributed by atoms with Crippen molar-refractivity contribution in [2.75, 3.05) is 26.3 Å². The third kappa shape index (κ3) is 5.22. The molecule has 3 heterocycles. The van der Waals surface area contributed by atoms with Crippen LogP contribution in [-0.4, -0.2) is 57.7 Å². The number of aromatic nitrogens is 2. The number of nitrogens with zero attached hydrogens (tertiary/aromatic N) is 3. The lowest BCUT2D eigenvalue weighted by Crippen LogP contribution is -2.39. The van der Waals surface area contributed by atoms with E-state index in [1.54, 1.807) is 0 Å². The van der Waals surface area contributed by atoms with Crippen LogP contribution in [0.25, 0.3) is 0 Å². The summed E-state index contributed by atoms with van der Waals surface area (Å²) in [6, 6.07) is 9.67. The standard InChI is InChI=1S/C23H29N3O4/c27-20(14-25-8-5-18-3-1-2-4-19(18)13-25)15-26-16-24-21(12-23(26)29)22(28)11-17-6-9-30-10-7-17/h1-4,12,16-17,20,27H,5-11,13-15H2. The third-order valence-electron chi connectivity index (χ3n) is 6.07. The van der Waals surface area contributed by atoms with Gasteiger partial charge in [0, 0.05) is 45.3 Å². The number of β-amino-alcohol motifs (C(OH)–C–C–N with tert-alkyl or cyclic N) is 1. The van der Waals surface area contributed by atoms with E-state index in [1.807, 2.05) is 6.07 Å². The molecule has 30 heavy (non-hydrogen) atoms. The number of Topliss-reactive ketones (excluding diaryl/α,β-unsaturated/α-hetero) is 1. The summed E-state index contributed by atoms with van der Waals surface area (Å²) in [5.74, 6) is 0.200. The molecule has 2 aliphatic rings. The highest BCUT2D eigenvalue weighted by Crippen LogP contribution is 2.20. The Bertz CT molecular complexity index is 936. The Morgan fingerprint density at radius 3 is 2.73 bits per heavy atom. The van der Waals surface area contributed by atoms with Crippen LogP contribution < -0.4 is 5.56 Å². The molecule has 0 amide bonds. The van der Waals surface area contributed by atoms with Crippen molar-refractivity contribution in [1.82, 2.24) is 14.5 Å². The smallest absolute Gasteiger partial charge is 0.254 e. The van der Waals surface area contributed by atoms with Crippen molar-refractivity contribution in [2.45, 2.75) is 44.9 Å². The molecule has 7 heteroatoms. The zero-order valence-corrected chi connectivity index (χ0v) is 17.2. The summed E-state index contributed by atoms with van der Waals surface area (Å²) in [4.78, 5) is 31.3. The van der Waals surface area contributed by atoms with Crippen LogP contribution in [-0.2, 0) is 24.2 Å². The summed E-state index contributed by atoms with van der Waals surface area (Å²) in [5.41, 5.74) is 2.57. The van der Waals surface area contributed by atoms with Gasteiger partial charge in [-0.25, -0.2) is 4.98 Å². The summed E-state index contributed by atoms with van der Waals surface area (Å²) < 4.78 is 6.71. The van der Waals surface area contributed by atoms with E-state index in [0.717, 1.165) is 32.4 Å². The number of carbonyl (C=O) groups is 1. The Kier molecular flexibility index (Phi) is 6.72. The molecule has 4 rings (SSSR count). The molecule has 7 nitrogen and oxygen atoms in total. The van der Waals surface area contributed by atoms with Gasteiger partial charge in [0.05, 0.1) is 19.0 Å². The van der Waals surface area contributed by atoms with E-state index in [0.29, 0.717) is 32.1 Å². The second-order valence-electron chi connectivity index (χ2n) is 8.36. The summed E-state index contributed by atoms with van der Waals surface area (Å²) in [5, 5.41) is 10.5. The van der Waals surface area contributed by atoms with Gasteiger partial charge in [-0.3, -0.25) is 19.1 Å². The molecule has 0 aliphatic carbocycles. The van der Waals surface area contributed by atoms with Gasteiger partial charge in [0.1, 0.15) is 5.69 Å². The Balaban J connectivity index is 1.32. The first kappa shape index (κ1) is 20.9. The van der Waals surface area contributed by atoms with Gasteiger partial charge in [-0.05, 0) is 36.3 Å². The van der Waals surface area contributed by atoms with Gasteiger partial charge in [-0.2, -0.15) is 0 Å². The Hall–Kier alpha value is -2.35. The Labute approximate surface area is 176 Å². The van der Waals surface area contributed by atoms with Gasteiger partial charge in [0.15, 0.2) is 5.78 Å². The molecule has 0 radical (unpaired) electrons. The summed E-state index contributed by atoms with van der Waals surface area (Å²) in [7, 11) is 0. The van der Waals surface area contributed by atoms with Gasteiger partial charge < -0.3 is 9.84 Å². The van der Waals surface area contributed by atoms with E-state index < -0.39 is 6.10 Å². The maximum absolute atomic E-state index is 12.5. The topological polar surface area (TPSA) is 84.7 Å². The van der Waals surface area contributed by atoms with Crippen molar-refractivity contribution >= 4 is 5.78 Å². The molecule has 1 fully saturated rings. The number of aliphatic hydroxyl groups is 1. The lowest BCUT2D eigenvalue weighted by molar-refractivity contribution is 0.0599. The van der Waals surface area contributed by atoms with Crippen LogP contribution in [0, 0.1) is 5.92 Å². The SMILES string of the molecule is O=C(CC1CCOCC1)c1cc(=O)n(CC(O)CN2CCc3ccccc3C2)cn1. The molecule has 1 N–H and O–H groups in total. The van der Waals surface area contributed by atoms with Crippen LogP contribution in [0.2, 0.25) is 0 Å². The maximum Gasteiger partial charge on any atom is 0.254 e. The van der Waals surface area contributed by atoms with Crippen molar-refractivity contribution in [1.29, 1.82) is 0 Å². The maximum atomic E-state index is 12.5. The Morgan fingerprint density at radius 2 is 1.97 bits per heavy atom. The second kappa shape index (κ2) is 9.64. The molecular weight excluding hydrogens is 382 g/mol. The summed E-state index contributed by atoms with van der Waals surface area (Å²) >= 11 is 0. The van der Waals surface area contributed by atoms with Gasteiger partial charge in [-0.1, -0.05) is 24.3 Å². The van der Waals surface area contributed by atoms with Crippen LogP contribution in [0.4, 0.5) is 0 Å². The molecule has 160 valence electrons. The van der Waals surface area contributed by atoms with Crippen molar-refractivity contribution < 1.29 is 14.6 Å². The molecule has 1 saturated heterocycles. The number of carbonyl (C=O) groups excluding carboxylic acids is 1. The number of ketones is 1. The number of aliphatic hydroxyl groups excluding tert-OH is 1. The van der Waals surface area contributed by atoms with Crippen molar-refractivity contribution in [3.63, 3.8) is 0 Å². The molecular formula is C23H29N3O4. The minimum Gasteiger partial charge on any atom is -0.390 e. The van der Waals surface area contributed by atoms with Crippen LogP contribution in [0.5, 0.6) is 0 Å². The predicted octanol–water partition coefficient (Wildman–Crippen LogP) is 1.66. The molecule has 2 aromatic rings. The molecule has 1 atom stereocenters. The fourth-order valence-corrected chi connectivity index (χ4v) is 4.33. The molecule has 0 spiro atoms. The molecule has 1 unspecified atom stereocenters. The van der Waals surface area contributed by atoms with Crippen LogP contribution >= 0.6 is 0 Å². The molecule has 2 aliphatic heterocycles. The van der Waals surface area contributed by atoms with Crippen molar-refractivity contribution in [3.05, 3.63) is 63.8 Å². The zero-order chi connectivity index (χ0) is 20.9. The van der Waals surface area contributed by atoms with Crippen molar-refractivity contribution in [2.24, 2.45) is 5.92 Å². The monoisotopic (exact) mass is 411 g/mol. The van der Waals surface area contributed by atoms with Gasteiger partial charge in [0.25, 0.3) is 5.56 Å². The van der Waals surface area contributed by atoms with E-state index in [-0.39, 0.29) is 23.6 Å². The highest BCUT2D eigenvalue weighted by molar-refractivity contribution is 5.94. The first-order valence-electron chi connectivity index (χ1n) is 10.7. The predicted molar refractivity (Wildman–Crippen MR) is 112 cm³/mol. The van der Waals surface area contributed by atoms with E-state index in [9.17, 15) is 14.7 Å². The zero-order valence-electron chi connectivity index (χ0n) is 17.2. The number of hydrogen-bond acceptors (Lipinski definition) is 6. The largest absolute Gasteiger partial charge is 0.390 e.